The summed E-state index contributed by atoms with van der Waals surface area (Å²) in [6.45, 7) is 4.14. The van der Waals surface area contributed by atoms with E-state index in [0.717, 1.165) is 30.5 Å². The molecule has 18 heavy (non-hydrogen) atoms. The summed E-state index contributed by atoms with van der Waals surface area (Å²) < 4.78 is 0. The van der Waals surface area contributed by atoms with Gasteiger partial charge in [-0.3, -0.25) is 0 Å². The average Bonchev–Trinajstić information content (AvgIpc) is 2.63. The summed E-state index contributed by atoms with van der Waals surface area (Å²) in [5, 5.41) is 1.24. The molecule has 1 atom stereocenters. The van der Waals surface area contributed by atoms with Gasteiger partial charge in [0.05, 0.1) is 0 Å². The fourth-order valence-corrected chi connectivity index (χ4v) is 2.78. The molecule has 0 saturated carbocycles. The fourth-order valence-electron chi connectivity index (χ4n) is 2.78. The van der Waals surface area contributed by atoms with Crippen LogP contribution in [-0.4, -0.2) is 16.0 Å². The third-order valence-electron chi connectivity index (χ3n) is 3.96. The topological polar surface area (TPSA) is 80.7 Å². The quantitative estimate of drug-likeness (QED) is 0.682. The molecule has 2 aromatic rings. The van der Waals surface area contributed by atoms with Crippen molar-refractivity contribution in [2.24, 2.45) is 5.73 Å². The number of nitrogen functional groups attached to an aromatic ring is 1. The maximum Gasteiger partial charge on any atom is 0.140 e. The van der Waals surface area contributed by atoms with Gasteiger partial charge in [0, 0.05) is 17.1 Å². The Balaban J connectivity index is 0.00000120. The number of fused-ring (bicyclic) bond motifs is 3. The number of halogens is 1. The molecule has 4 nitrogen and oxygen atoms in total. The Bertz CT molecular complexity index is 603. The van der Waals surface area contributed by atoms with Crippen molar-refractivity contribution in [1.29, 1.82) is 0 Å². The Morgan fingerprint density at radius 1 is 1.28 bits per heavy atom. The largest absolute Gasteiger partial charge is 0.383 e. The standard InChI is InChI=1S/C13H18N4.ClH/c1-6-7(2)12(15)17-13-11(6)9-5-8(14)3-4-10(9)16-13;/h8H,3-5,14H2,1-2H3,(H3,15,16,17);1H. The Kier molecular flexibility index (Phi) is 3.25. The summed E-state index contributed by atoms with van der Waals surface area (Å²) >= 11 is 0. The highest BCUT2D eigenvalue weighted by Crippen LogP contribution is 2.32. The van der Waals surface area contributed by atoms with Gasteiger partial charge in [0.25, 0.3) is 0 Å². The molecule has 1 aliphatic rings. The van der Waals surface area contributed by atoms with Crippen molar-refractivity contribution in [3.63, 3.8) is 0 Å². The van der Waals surface area contributed by atoms with Crippen LogP contribution < -0.4 is 11.5 Å². The molecule has 2 heterocycles. The molecule has 0 aromatic carbocycles. The van der Waals surface area contributed by atoms with Crippen molar-refractivity contribution in [2.75, 3.05) is 5.73 Å². The highest BCUT2D eigenvalue weighted by molar-refractivity contribution is 5.88. The minimum absolute atomic E-state index is 0. The summed E-state index contributed by atoms with van der Waals surface area (Å²) in [7, 11) is 0. The van der Waals surface area contributed by atoms with Gasteiger partial charge in [-0.05, 0) is 49.8 Å². The normalized spacial score (nSPS) is 18.5. The SMILES string of the molecule is Cc1c(N)nc2[nH]c3c(c2c1C)CC(N)CC3.Cl. The zero-order valence-corrected chi connectivity index (χ0v) is 11.5. The van der Waals surface area contributed by atoms with Crippen LogP contribution in [0.15, 0.2) is 0 Å². The molecule has 0 aliphatic heterocycles. The molecule has 1 aliphatic carbocycles. The molecular weight excluding hydrogens is 248 g/mol. The van der Waals surface area contributed by atoms with Crippen LogP contribution in [0.25, 0.3) is 11.0 Å². The molecule has 5 N–H and O–H groups in total. The van der Waals surface area contributed by atoms with Gasteiger partial charge >= 0.3 is 0 Å². The van der Waals surface area contributed by atoms with Crippen LogP contribution in [0.4, 0.5) is 5.82 Å². The molecule has 2 aromatic heterocycles. The predicted molar refractivity (Wildman–Crippen MR) is 77.2 cm³/mol. The monoisotopic (exact) mass is 266 g/mol. The van der Waals surface area contributed by atoms with Gasteiger partial charge in [0.1, 0.15) is 11.5 Å². The number of pyridine rings is 1. The molecule has 0 fully saturated rings. The zero-order valence-electron chi connectivity index (χ0n) is 10.7. The van der Waals surface area contributed by atoms with E-state index in [-0.39, 0.29) is 18.4 Å². The Morgan fingerprint density at radius 3 is 2.72 bits per heavy atom. The summed E-state index contributed by atoms with van der Waals surface area (Å²) in [6.07, 6.45) is 3.01. The van der Waals surface area contributed by atoms with Gasteiger partial charge in [-0.2, -0.15) is 0 Å². The maximum absolute atomic E-state index is 6.06. The summed E-state index contributed by atoms with van der Waals surface area (Å²) in [4.78, 5) is 7.85. The Hall–Kier alpha value is -1.26. The van der Waals surface area contributed by atoms with Crippen LogP contribution in [-0.2, 0) is 12.8 Å². The molecule has 0 amide bonds. The molecule has 98 valence electrons. The van der Waals surface area contributed by atoms with Crippen molar-refractivity contribution < 1.29 is 0 Å². The van der Waals surface area contributed by atoms with Crippen molar-refractivity contribution in [3.8, 4) is 0 Å². The minimum atomic E-state index is 0. The number of H-pyrrole nitrogens is 1. The maximum atomic E-state index is 6.06. The summed E-state index contributed by atoms with van der Waals surface area (Å²) in [6, 6.07) is 0.277. The van der Waals surface area contributed by atoms with E-state index in [1.165, 1.54) is 22.2 Å². The summed E-state index contributed by atoms with van der Waals surface area (Å²) in [5.41, 5.74) is 17.9. The second-order valence-corrected chi connectivity index (χ2v) is 5.06. The molecular formula is C13H19ClN4. The summed E-state index contributed by atoms with van der Waals surface area (Å²) in [5.74, 6) is 0.623. The minimum Gasteiger partial charge on any atom is -0.383 e. The van der Waals surface area contributed by atoms with E-state index in [1.807, 2.05) is 6.92 Å². The number of aryl methyl sites for hydroxylation is 2. The number of nitrogens with zero attached hydrogens (tertiary/aromatic N) is 1. The van der Waals surface area contributed by atoms with Crippen molar-refractivity contribution in [3.05, 3.63) is 22.4 Å². The molecule has 5 heteroatoms. The van der Waals surface area contributed by atoms with E-state index < -0.39 is 0 Å². The van der Waals surface area contributed by atoms with Crippen LogP contribution in [0.3, 0.4) is 0 Å². The first-order valence-corrected chi connectivity index (χ1v) is 6.09. The number of nitrogens with one attached hydrogen (secondary N) is 1. The van der Waals surface area contributed by atoms with Gasteiger partial charge in [0.2, 0.25) is 0 Å². The van der Waals surface area contributed by atoms with Gasteiger partial charge in [0.15, 0.2) is 0 Å². The number of hydrogen-bond donors (Lipinski definition) is 3. The second-order valence-electron chi connectivity index (χ2n) is 5.06. The number of anilines is 1. The predicted octanol–water partition coefficient (Wildman–Crippen LogP) is 2.00. The highest BCUT2D eigenvalue weighted by Gasteiger charge is 2.22. The number of rotatable bonds is 0. The lowest BCUT2D eigenvalue weighted by Gasteiger charge is -2.18. The fraction of sp³-hybridized carbons (Fsp3) is 0.462. The van der Waals surface area contributed by atoms with Crippen molar-refractivity contribution in [2.45, 2.75) is 39.2 Å². The van der Waals surface area contributed by atoms with Crippen LogP contribution >= 0.6 is 12.4 Å². The van der Waals surface area contributed by atoms with Gasteiger partial charge in [-0.25, -0.2) is 4.98 Å². The van der Waals surface area contributed by atoms with E-state index in [0.29, 0.717) is 5.82 Å². The second kappa shape index (κ2) is 4.44. The Morgan fingerprint density at radius 2 is 2.00 bits per heavy atom. The van der Waals surface area contributed by atoms with E-state index in [9.17, 15) is 0 Å². The highest BCUT2D eigenvalue weighted by atomic mass is 35.5. The van der Waals surface area contributed by atoms with Crippen molar-refractivity contribution in [1.82, 2.24) is 9.97 Å². The van der Waals surface area contributed by atoms with E-state index in [2.05, 4.69) is 16.9 Å². The Labute approximate surface area is 113 Å². The van der Waals surface area contributed by atoms with Crippen LogP contribution in [0, 0.1) is 13.8 Å². The molecule has 1 unspecified atom stereocenters. The third kappa shape index (κ3) is 1.76. The number of hydrogen-bond acceptors (Lipinski definition) is 3. The third-order valence-corrected chi connectivity index (χ3v) is 3.96. The van der Waals surface area contributed by atoms with Gasteiger partial charge in [-0.1, -0.05) is 0 Å². The zero-order chi connectivity index (χ0) is 12.2. The van der Waals surface area contributed by atoms with Crippen LogP contribution in [0.1, 0.15) is 28.8 Å². The van der Waals surface area contributed by atoms with Crippen LogP contribution in [0.5, 0.6) is 0 Å². The van der Waals surface area contributed by atoms with Crippen LogP contribution in [0.2, 0.25) is 0 Å². The van der Waals surface area contributed by atoms with E-state index in [4.69, 9.17) is 11.5 Å². The molecule has 0 bridgehead atoms. The van der Waals surface area contributed by atoms with E-state index in [1.54, 1.807) is 0 Å². The van der Waals surface area contributed by atoms with E-state index >= 15 is 0 Å². The smallest absolute Gasteiger partial charge is 0.140 e. The number of aromatic amines is 1. The lowest BCUT2D eigenvalue weighted by atomic mass is 9.91. The first kappa shape index (κ1) is 13.2. The average molecular weight is 267 g/mol. The lowest BCUT2D eigenvalue weighted by Crippen LogP contribution is -2.27. The first-order chi connectivity index (χ1) is 8.08. The first-order valence-electron chi connectivity index (χ1n) is 6.09. The van der Waals surface area contributed by atoms with Crippen molar-refractivity contribution >= 4 is 29.3 Å². The van der Waals surface area contributed by atoms with Gasteiger partial charge in [-0.15, -0.1) is 12.4 Å². The molecule has 0 radical (unpaired) electrons. The number of aromatic nitrogens is 2. The molecule has 3 rings (SSSR count). The molecule has 0 saturated heterocycles. The number of nitrogens with two attached hydrogens (primary N) is 2. The lowest BCUT2D eigenvalue weighted by molar-refractivity contribution is 0.574. The molecule has 0 spiro atoms. The van der Waals surface area contributed by atoms with Gasteiger partial charge < -0.3 is 16.5 Å².